The average molecular weight is 345 g/mol. The molecule has 1 aliphatic heterocycles. The van der Waals surface area contributed by atoms with Crippen molar-refractivity contribution >= 4 is 16.9 Å². The first-order valence-corrected chi connectivity index (χ1v) is 9.58. The van der Waals surface area contributed by atoms with Crippen LogP contribution in [0.25, 0.3) is 11.0 Å². The number of aromatic amines is 1. The average Bonchev–Trinajstić information content (AvgIpc) is 3.39. The minimum Gasteiger partial charge on any atom is -0.342 e. The monoisotopic (exact) mass is 345 g/mol. The number of nitrogens with zero attached hydrogens (tertiary/aromatic N) is 2. The first kappa shape index (κ1) is 15.6. The highest BCUT2D eigenvalue weighted by atomic mass is 16.2. The fraction of sp³-hybridized carbons (Fsp3) is 0.364. The summed E-state index contributed by atoms with van der Waals surface area (Å²) in [6.07, 6.45) is 2.99. The molecule has 4 nitrogen and oxygen atoms in total. The van der Waals surface area contributed by atoms with E-state index in [1.165, 1.54) is 5.56 Å². The molecule has 1 amide bonds. The van der Waals surface area contributed by atoms with E-state index in [0.29, 0.717) is 17.7 Å². The van der Waals surface area contributed by atoms with Crippen LogP contribution in [0.3, 0.4) is 0 Å². The van der Waals surface area contributed by atoms with Crippen LogP contribution < -0.4 is 0 Å². The molecule has 2 heterocycles. The highest BCUT2D eigenvalue weighted by molar-refractivity contribution is 5.83. The number of imidazole rings is 1. The summed E-state index contributed by atoms with van der Waals surface area (Å²) in [7, 11) is 0. The molecular weight excluding hydrogens is 322 g/mol. The minimum absolute atomic E-state index is 0.195. The Kier molecular flexibility index (Phi) is 3.77. The van der Waals surface area contributed by atoms with Crippen LogP contribution in [0.15, 0.2) is 54.6 Å². The lowest BCUT2D eigenvalue weighted by Crippen LogP contribution is -2.39. The van der Waals surface area contributed by atoms with E-state index in [9.17, 15) is 4.79 Å². The highest BCUT2D eigenvalue weighted by Crippen LogP contribution is 2.48. The lowest BCUT2D eigenvalue weighted by molar-refractivity contribution is -0.133. The van der Waals surface area contributed by atoms with Crippen molar-refractivity contribution in [1.82, 2.24) is 14.9 Å². The number of para-hydroxylation sites is 2. The normalized spacial score (nSPS) is 23.3. The van der Waals surface area contributed by atoms with Gasteiger partial charge in [-0.15, -0.1) is 0 Å². The third-order valence-corrected chi connectivity index (χ3v) is 5.94. The molecule has 0 radical (unpaired) electrons. The van der Waals surface area contributed by atoms with Gasteiger partial charge in [0.1, 0.15) is 5.82 Å². The van der Waals surface area contributed by atoms with Crippen LogP contribution in [0.5, 0.6) is 0 Å². The van der Waals surface area contributed by atoms with Gasteiger partial charge in [-0.1, -0.05) is 42.5 Å². The predicted octanol–water partition coefficient (Wildman–Crippen LogP) is 4.07. The summed E-state index contributed by atoms with van der Waals surface area (Å²) in [6, 6.07) is 18.6. The molecule has 2 aromatic carbocycles. The van der Waals surface area contributed by atoms with Crippen molar-refractivity contribution in [3.05, 3.63) is 66.0 Å². The van der Waals surface area contributed by atoms with Gasteiger partial charge in [-0.25, -0.2) is 4.98 Å². The van der Waals surface area contributed by atoms with Crippen molar-refractivity contribution in [3.8, 4) is 0 Å². The Morgan fingerprint density at radius 2 is 1.73 bits per heavy atom. The molecular formula is C22H23N3O. The van der Waals surface area contributed by atoms with Crippen LogP contribution in [0, 0.1) is 5.92 Å². The number of amides is 1. The first-order chi connectivity index (χ1) is 12.8. The number of H-pyrrole nitrogens is 1. The SMILES string of the molecule is O=C([C@@H]1C[C@H]1c1ccccc1)N1CCC(c2nc3ccccc3[nH]2)CC1. The van der Waals surface area contributed by atoms with Crippen molar-refractivity contribution in [2.45, 2.75) is 31.1 Å². The summed E-state index contributed by atoms with van der Waals surface area (Å²) in [5.74, 6) is 2.47. The number of piperidine rings is 1. The molecule has 2 atom stereocenters. The van der Waals surface area contributed by atoms with E-state index in [1.807, 2.05) is 24.3 Å². The minimum atomic E-state index is 0.195. The van der Waals surface area contributed by atoms with E-state index < -0.39 is 0 Å². The number of hydrogen-bond donors (Lipinski definition) is 1. The van der Waals surface area contributed by atoms with Crippen molar-refractivity contribution in [3.63, 3.8) is 0 Å². The first-order valence-electron chi connectivity index (χ1n) is 9.58. The van der Waals surface area contributed by atoms with E-state index >= 15 is 0 Å². The van der Waals surface area contributed by atoms with Crippen LogP contribution in [0.4, 0.5) is 0 Å². The van der Waals surface area contributed by atoms with E-state index in [0.717, 1.165) is 49.2 Å². The number of rotatable bonds is 3. The van der Waals surface area contributed by atoms with Gasteiger partial charge in [0.15, 0.2) is 0 Å². The number of hydrogen-bond acceptors (Lipinski definition) is 2. The second-order valence-electron chi connectivity index (χ2n) is 7.60. The van der Waals surface area contributed by atoms with E-state index in [4.69, 9.17) is 4.98 Å². The van der Waals surface area contributed by atoms with Crippen molar-refractivity contribution in [2.24, 2.45) is 5.92 Å². The second-order valence-corrected chi connectivity index (χ2v) is 7.60. The quantitative estimate of drug-likeness (QED) is 0.778. The summed E-state index contributed by atoms with van der Waals surface area (Å²) < 4.78 is 0. The van der Waals surface area contributed by atoms with Gasteiger partial charge in [-0.05, 0) is 42.9 Å². The van der Waals surface area contributed by atoms with E-state index in [1.54, 1.807) is 0 Å². The Morgan fingerprint density at radius 3 is 2.50 bits per heavy atom. The molecule has 5 rings (SSSR count). The van der Waals surface area contributed by atoms with Gasteiger partial charge < -0.3 is 9.88 Å². The Balaban J connectivity index is 1.21. The van der Waals surface area contributed by atoms with Gasteiger partial charge in [0, 0.05) is 24.9 Å². The summed E-state index contributed by atoms with van der Waals surface area (Å²) in [6.45, 7) is 1.69. The smallest absolute Gasteiger partial charge is 0.226 e. The highest BCUT2D eigenvalue weighted by Gasteiger charge is 2.46. The molecule has 0 unspecified atom stereocenters. The predicted molar refractivity (Wildman–Crippen MR) is 102 cm³/mol. The van der Waals surface area contributed by atoms with Gasteiger partial charge in [-0.3, -0.25) is 4.79 Å². The molecule has 2 fully saturated rings. The zero-order valence-electron chi connectivity index (χ0n) is 14.8. The van der Waals surface area contributed by atoms with Crippen molar-refractivity contribution < 1.29 is 4.79 Å². The molecule has 3 aromatic rings. The Labute approximate surface area is 153 Å². The molecule has 1 saturated heterocycles. The number of nitrogens with one attached hydrogen (secondary N) is 1. The van der Waals surface area contributed by atoms with Crippen LogP contribution in [0.2, 0.25) is 0 Å². The zero-order valence-corrected chi connectivity index (χ0v) is 14.8. The molecule has 1 aromatic heterocycles. The van der Waals surface area contributed by atoms with Crippen LogP contribution in [0.1, 0.15) is 42.5 Å². The maximum atomic E-state index is 12.8. The van der Waals surface area contributed by atoms with E-state index in [-0.39, 0.29) is 5.92 Å². The fourth-order valence-corrected chi connectivity index (χ4v) is 4.31. The molecule has 1 saturated carbocycles. The number of benzene rings is 2. The number of carbonyl (C=O) groups is 1. The zero-order chi connectivity index (χ0) is 17.5. The van der Waals surface area contributed by atoms with Crippen LogP contribution >= 0.6 is 0 Å². The number of carbonyl (C=O) groups excluding carboxylic acids is 1. The largest absolute Gasteiger partial charge is 0.342 e. The van der Waals surface area contributed by atoms with Crippen molar-refractivity contribution in [1.29, 1.82) is 0 Å². The molecule has 1 aliphatic carbocycles. The molecule has 4 heteroatoms. The van der Waals surface area contributed by atoms with Crippen LogP contribution in [-0.2, 0) is 4.79 Å². The van der Waals surface area contributed by atoms with Gasteiger partial charge in [0.2, 0.25) is 5.91 Å². The van der Waals surface area contributed by atoms with Gasteiger partial charge >= 0.3 is 0 Å². The molecule has 1 N–H and O–H groups in total. The lowest BCUT2D eigenvalue weighted by atomic mass is 9.95. The Bertz CT molecular complexity index is 892. The third-order valence-electron chi connectivity index (χ3n) is 5.94. The Hall–Kier alpha value is -2.62. The standard InChI is InChI=1S/C22H23N3O/c26-22(18-14-17(18)15-6-2-1-3-7-15)25-12-10-16(11-13-25)21-23-19-8-4-5-9-20(19)24-21/h1-9,16-18H,10-14H2,(H,23,24)/t17-,18+/m0/s1. The van der Waals surface area contributed by atoms with Gasteiger partial charge in [0.25, 0.3) is 0 Å². The Morgan fingerprint density at radius 1 is 1.00 bits per heavy atom. The molecule has 0 spiro atoms. The lowest BCUT2D eigenvalue weighted by Gasteiger charge is -2.31. The molecule has 132 valence electrons. The molecule has 0 bridgehead atoms. The van der Waals surface area contributed by atoms with E-state index in [2.05, 4.69) is 40.2 Å². The number of fused-ring (bicyclic) bond motifs is 1. The molecule has 26 heavy (non-hydrogen) atoms. The summed E-state index contributed by atoms with van der Waals surface area (Å²) in [4.78, 5) is 23.1. The number of aromatic nitrogens is 2. The third kappa shape index (κ3) is 2.79. The van der Waals surface area contributed by atoms with Crippen LogP contribution in [-0.4, -0.2) is 33.9 Å². The van der Waals surface area contributed by atoms with Gasteiger partial charge in [0.05, 0.1) is 11.0 Å². The maximum Gasteiger partial charge on any atom is 0.226 e. The second kappa shape index (κ2) is 6.27. The number of likely N-dealkylation sites (tertiary alicyclic amines) is 1. The topological polar surface area (TPSA) is 49.0 Å². The maximum absolute atomic E-state index is 12.8. The summed E-state index contributed by atoms with van der Waals surface area (Å²) in [5.41, 5.74) is 3.44. The van der Waals surface area contributed by atoms with Gasteiger partial charge in [-0.2, -0.15) is 0 Å². The molecule has 2 aliphatic rings. The fourth-order valence-electron chi connectivity index (χ4n) is 4.31. The van der Waals surface area contributed by atoms with Crippen molar-refractivity contribution in [2.75, 3.05) is 13.1 Å². The summed E-state index contributed by atoms with van der Waals surface area (Å²) >= 11 is 0. The summed E-state index contributed by atoms with van der Waals surface area (Å²) in [5, 5.41) is 0.